The summed E-state index contributed by atoms with van der Waals surface area (Å²) in [6, 6.07) is 4.67. The number of benzene rings is 1. The molecule has 2 rings (SSSR count). The van der Waals surface area contributed by atoms with E-state index in [1.807, 2.05) is 0 Å². The van der Waals surface area contributed by atoms with Crippen molar-refractivity contribution in [2.45, 2.75) is 13.8 Å². The molecule has 1 aromatic heterocycles. The van der Waals surface area contributed by atoms with Crippen molar-refractivity contribution in [3.63, 3.8) is 0 Å². The monoisotopic (exact) mass is 265 g/mol. The van der Waals surface area contributed by atoms with Crippen LogP contribution in [0.2, 0.25) is 0 Å². The number of hydrogen-bond donors (Lipinski definition) is 0. The average Bonchev–Trinajstić information content (AvgIpc) is 2.81. The fourth-order valence-corrected chi connectivity index (χ4v) is 2.33. The van der Waals surface area contributed by atoms with E-state index in [-0.39, 0.29) is 11.5 Å². The summed E-state index contributed by atoms with van der Waals surface area (Å²) >= 11 is 1.32. The standard InChI is InChI=1S/C13H12FNO2S/c1-3-17-12-5-4-9(6-10(12)14)13-15-11(7-18-13)8(2)16/h4-7H,3H2,1-2H3. The summed E-state index contributed by atoms with van der Waals surface area (Å²) in [5.41, 5.74) is 1.05. The Morgan fingerprint density at radius 1 is 1.50 bits per heavy atom. The molecule has 0 unspecified atom stereocenters. The van der Waals surface area contributed by atoms with Crippen molar-refractivity contribution in [3.05, 3.63) is 35.1 Å². The van der Waals surface area contributed by atoms with E-state index in [1.165, 1.54) is 24.3 Å². The maximum absolute atomic E-state index is 13.7. The normalized spacial score (nSPS) is 10.4. The Kier molecular flexibility index (Phi) is 3.72. The van der Waals surface area contributed by atoms with Crippen LogP contribution in [0.5, 0.6) is 5.75 Å². The lowest BCUT2D eigenvalue weighted by Gasteiger charge is -2.05. The van der Waals surface area contributed by atoms with E-state index in [4.69, 9.17) is 4.74 Å². The summed E-state index contributed by atoms with van der Waals surface area (Å²) in [4.78, 5) is 15.3. The number of carbonyl (C=O) groups excluding carboxylic acids is 1. The van der Waals surface area contributed by atoms with Gasteiger partial charge in [-0.2, -0.15) is 0 Å². The molecule has 1 aromatic carbocycles. The fourth-order valence-electron chi connectivity index (χ4n) is 1.47. The van der Waals surface area contributed by atoms with Crippen LogP contribution < -0.4 is 4.74 Å². The van der Waals surface area contributed by atoms with Crippen molar-refractivity contribution in [2.24, 2.45) is 0 Å². The Balaban J connectivity index is 2.33. The molecular weight excluding hydrogens is 253 g/mol. The molecule has 0 fully saturated rings. The molecule has 18 heavy (non-hydrogen) atoms. The third-order valence-corrected chi connectivity index (χ3v) is 3.23. The van der Waals surface area contributed by atoms with Crippen molar-refractivity contribution >= 4 is 17.1 Å². The van der Waals surface area contributed by atoms with Crippen LogP contribution in [0.15, 0.2) is 23.6 Å². The number of hydrogen-bond acceptors (Lipinski definition) is 4. The SMILES string of the molecule is CCOc1ccc(-c2nc(C(C)=O)cs2)cc1F. The Hall–Kier alpha value is -1.75. The first kappa shape index (κ1) is 12.7. The molecule has 0 N–H and O–H groups in total. The van der Waals surface area contributed by atoms with Gasteiger partial charge in [-0.25, -0.2) is 9.37 Å². The minimum absolute atomic E-state index is 0.0936. The molecule has 0 saturated carbocycles. The molecule has 0 amide bonds. The molecule has 1 heterocycles. The Morgan fingerprint density at radius 2 is 2.28 bits per heavy atom. The van der Waals surface area contributed by atoms with Crippen molar-refractivity contribution < 1.29 is 13.9 Å². The van der Waals surface area contributed by atoms with Crippen LogP contribution in [0.4, 0.5) is 4.39 Å². The molecule has 0 radical (unpaired) electrons. The highest BCUT2D eigenvalue weighted by molar-refractivity contribution is 7.13. The predicted octanol–water partition coefficient (Wildman–Crippen LogP) is 3.55. The maximum Gasteiger partial charge on any atom is 0.178 e. The lowest BCUT2D eigenvalue weighted by molar-refractivity contribution is 0.101. The van der Waals surface area contributed by atoms with Crippen LogP contribution in [0, 0.1) is 5.82 Å². The molecule has 0 aliphatic carbocycles. The first-order valence-corrected chi connectivity index (χ1v) is 6.39. The highest BCUT2D eigenvalue weighted by Crippen LogP contribution is 2.28. The van der Waals surface area contributed by atoms with E-state index in [0.29, 0.717) is 22.9 Å². The summed E-state index contributed by atoms with van der Waals surface area (Å²) in [6.45, 7) is 3.67. The summed E-state index contributed by atoms with van der Waals surface area (Å²) < 4.78 is 18.8. The van der Waals surface area contributed by atoms with Crippen LogP contribution in [-0.2, 0) is 0 Å². The van der Waals surface area contributed by atoms with Gasteiger partial charge in [0.2, 0.25) is 0 Å². The van der Waals surface area contributed by atoms with Crippen LogP contribution >= 0.6 is 11.3 Å². The van der Waals surface area contributed by atoms with Gasteiger partial charge in [-0.05, 0) is 25.1 Å². The van der Waals surface area contributed by atoms with Gasteiger partial charge in [-0.15, -0.1) is 11.3 Å². The highest BCUT2D eigenvalue weighted by Gasteiger charge is 2.10. The van der Waals surface area contributed by atoms with E-state index in [0.717, 1.165) is 0 Å². The quantitative estimate of drug-likeness (QED) is 0.793. The molecule has 0 aliphatic heterocycles. The van der Waals surface area contributed by atoms with Gasteiger partial charge in [0.05, 0.1) is 6.61 Å². The Labute approximate surface area is 108 Å². The number of halogens is 1. The van der Waals surface area contributed by atoms with E-state index in [2.05, 4.69) is 4.98 Å². The highest BCUT2D eigenvalue weighted by atomic mass is 32.1. The zero-order chi connectivity index (χ0) is 13.1. The number of aromatic nitrogens is 1. The van der Waals surface area contributed by atoms with Crippen molar-refractivity contribution in [1.82, 2.24) is 4.98 Å². The first-order valence-electron chi connectivity index (χ1n) is 5.51. The van der Waals surface area contributed by atoms with Gasteiger partial charge in [-0.1, -0.05) is 0 Å². The van der Waals surface area contributed by atoms with Gasteiger partial charge in [-0.3, -0.25) is 4.79 Å². The number of carbonyl (C=O) groups is 1. The molecule has 5 heteroatoms. The van der Waals surface area contributed by atoms with Crippen molar-refractivity contribution in [3.8, 4) is 16.3 Å². The van der Waals surface area contributed by atoms with E-state index < -0.39 is 5.82 Å². The van der Waals surface area contributed by atoms with Crippen molar-refractivity contribution in [1.29, 1.82) is 0 Å². The average molecular weight is 265 g/mol. The maximum atomic E-state index is 13.7. The topological polar surface area (TPSA) is 39.2 Å². The van der Waals surface area contributed by atoms with Gasteiger partial charge in [0.1, 0.15) is 10.7 Å². The van der Waals surface area contributed by atoms with Crippen LogP contribution in [0.1, 0.15) is 24.3 Å². The molecule has 0 spiro atoms. The van der Waals surface area contributed by atoms with E-state index in [9.17, 15) is 9.18 Å². The summed E-state index contributed by atoms with van der Waals surface area (Å²) in [5, 5.41) is 2.30. The number of ether oxygens (including phenoxy) is 1. The second-order valence-electron chi connectivity index (χ2n) is 3.67. The molecular formula is C13H12FNO2S. The van der Waals surface area contributed by atoms with Gasteiger partial charge in [0.25, 0.3) is 0 Å². The number of ketones is 1. The van der Waals surface area contributed by atoms with E-state index >= 15 is 0 Å². The van der Waals surface area contributed by atoms with Crippen molar-refractivity contribution in [2.75, 3.05) is 6.61 Å². The number of rotatable bonds is 4. The lowest BCUT2D eigenvalue weighted by Crippen LogP contribution is -1.95. The summed E-state index contributed by atoms with van der Waals surface area (Å²) in [5.74, 6) is -0.289. The molecule has 0 aliphatic rings. The summed E-state index contributed by atoms with van der Waals surface area (Å²) in [7, 11) is 0. The minimum atomic E-state index is -0.422. The number of nitrogens with zero attached hydrogens (tertiary/aromatic N) is 1. The Bertz CT molecular complexity index is 580. The summed E-state index contributed by atoms with van der Waals surface area (Å²) in [6.07, 6.45) is 0. The number of thiazole rings is 1. The molecule has 94 valence electrons. The lowest BCUT2D eigenvalue weighted by atomic mass is 10.2. The molecule has 3 nitrogen and oxygen atoms in total. The van der Waals surface area contributed by atoms with Gasteiger partial charge in [0, 0.05) is 17.9 Å². The minimum Gasteiger partial charge on any atom is -0.491 e. The van der Waals surface area contributed by atoms with Crippen LogP contribution in [0.25, 0.3) is 10.6 Å². The van der Waals surface area contributed by atoms with Gasteiger partial charge < -0.3 is 4.74 Å². The first-order chi connectivity index (χ1) is 8.61. The zero-order valence-corrected chi connectivity index (χ0v) is 10.9. The van der Waals surface area contributed by atoms with Crippen LogP contribution in [0.3, 0.4) is 0 Å². The van der Waals surface area contributed by atoms with Gasteiger partial charge >= 0.3 is 0 Å². The largest absolute Gasteiger partial charge is 0.491 e. The predicted molar refractivity (Wildman–Crippen MR) is 68.7 cm³/mol. The smallest absolute Gasteiger partial charge is 0.178 e. The van der Waals surface area contributed by atoms with Crippen LogP contribution in [-0.4, -0.2) is 17.4 Å². The third kappa shape index (κ3) is 2.56. The second-order valence-corrected chi connectivity index (χ2v) is 4.53. The van der Waals surface area contributed by atoms with E-state index in [1.54, 1.807) is 24.4 Å². The second kappa shape index (κ2) is 5.27. The zero-order valence-electron chi connectivity index (χ0n) is 10.1. The third-order valence-electron chi connectivity index (χ3n) is 2.34. The fraction of sp³-hybridized carbons (Fsp3) is 0.231. The molecule has 2 aromatic rings. The number of Topliss-reactive ketones (excluding diaryl/α,β-unsaturated/α-hetero) is 1. The Morgan fingerprint density at radius 3 is 2.83 bits per heavy atom. The van der Waals surface area contributed by atoms with Gasteiger partial charge in [0.15, 0.2) is 17.3 Å². The molecule has 0 bridgehead atoms. The molecule has 0 saturated heterocycles. The molecule has 0 atom stereocenters.